The number of methoxy groups -OCH3 is 3. The molecule has 110 valence electrons. The third kappa shape index (κ3) is 3.07. The summed E-state index contributed by atoms with van der Waals surface area (Å²) < 4.78 is 14.0. The molecule has 0 radical (unpaired) electrons. The lowest BCUT2D eigenvalue weighted by Gasteiger charge is -2.32. The molecule has 1 aliphatic carbocycles. The van der Waals surface area contributed by atoms with Gasteiger partial charge in [0.25, 0.3) is 0 Å². The molecule has 0 N–H and O–H groups in total. The van der Waals surface area contributed by atoms with Gasteiger partial charge in [-0.1, -0.05) is 11.6 Å². The minimum absolute atomic E-state index is 0.0405. The first-order valence-electron chi connectivity index (χ1n) is 6.02. The van der Waals surface area contributed by atoms with Crippen molar-refractivity contribution in [2.24, 2.45) is 5.41 Å². The molecule has 0 saturated heterocycles. The molecule has 0 fully saturated rings. The van der Waals surface area contributed by atoms with Crippen LogP contribution < -0.4 is 0 Å². The van der Waals surface area contributed by atoms with Crippen LogP contribution in [0.25, 0.3) is 0 Å². The molecule has 6 heteroatoms. The van der Waals surface area contributed by atoms with Crippen molar-refractivity contribution in [1.82, 2.24) is 0 Å². The van der Waals surface area contributed by atoms with Crippen molar-refractivity contribution in [3.8, 4) is 0 Å². The molecule has 0 unspecified atom stereocenters. The summed E-state index contributed by atoms with van der Waals surface area (Å²) >= 11 is 0. The summed E-state index contributed by atoms with van der Waals surface area (Å²) in [5, 5.41) is 0. The van der Waals surface area contributed by atoms with Crippen molar-refractivity contribution < 1.29 is 28.6 Å². The number of hydrogen-bond acceptors (Lipinski definition) is 6. The van der Waals surface area contributed by atoms with E-state index in [0.29, 0.717) is 5.57 Å². The fraction of sp³-hybridized carbons (Fsp3) is 0.500. The maximum absolute atomic E-state index is 12.0. The molecule has 0 aromatic rings. The normalized spacial score (nSPS) is 19.0. The van der Waals surface area contributed by atoms with Crippen LogP contribution in [0.1, 0.15) is 19.8 Å². The Morgan fingerprint density at radius 1 is 1.05 bits per heavy atom. The number of allylic oxidation sites excluding steroid dienone is 3. The molecule has 0 amide bonds. The lowest BCUT2D eigenvalue weighted by atomic mass is 9.72. The lowest BCUT2D eigenvalue weighted by molar-refractivity contribution is -0.169. The molecular formula is C14H18O6. The van der Waals surface area contributed by atoms with Gasteiger partial charge in [-0.2, -0.15) is 0 Å². The predicted octanol–water partition coefficient (Wildman–Crippen LogP) is 1.16. The van der Waals surface area contributed by atoms with Crippen LogP contribution in [0, 0.1) is 5.41 Å². The molecule has 0 aromatic heterocycles. The van der Waals surface area contributed by atoms with Gasteiger partial charge in [0.15, 0.2) is 5.41 Å². The Balaban J connectivity index is 3.25. The van der Waals surface area contributed by atoms with Crippen molar-refractivity contribution >= 4 is 17.9 Å². The number of esters is 3. The Bertz CT molecular complexity index is 470. The minimum atomic E-state index is -1.44. The monoisotopic (exact) mass is 282 g/mol. The Morgan fingerprint density at radius 3 is 2.05 bits per heavy atom. The molecule has 20 heavy (non-hydrogen) atoms. The van der Waals surface area contributed by atoms with Crippen LogP contribution in [0.5, 0.6) is 0 Å². The summed E-state index contributed by atoms with van der Waals surface area (Å²) in [7, 11) is 3.68. The summed E-state index contributed by atoms with van der Waals surface area (Å²) in [6, 6.07) is 0. The zero-order valence-electron chi connectivity index (χ0n) is 12.0. The molecule has 0 bridgehead atoms. The first-order chi connectivity index (χ1) is 9.39. The van der Waals surface area contributed by atoms with Gasteiger partial charge in [-0.15, -0.1) is 0 Å². The summed E-state index contributed by atoms with van der Waals surface area (Å²) in [5.74, 6) is -1.89. The SMILES string of the molecule is COC(=O)/C=C1\C=C(C)CC(C(=O)OC)(C(=O)OC)C1. The van der Waals surface area contributed by atoms with Crippen LogP contribution in [0.2, 0.25) is 0 Å². The topological polar surface area (TPSA) is 78.9 Å². The largest absolute Gasteiger partial charge is 0.468 e. The summed E-state index contributed by atoms with van der Waals surface area (Å²) in [6.07, 6.45) is 3.24. The smallest absolute Gasteiger partial charge is 0.330 e. The van der Waals surface area contributed by atoms with E-state index in [2.05, 4.69) is 4.74 Å². The van der Waals surface area contributed by atoms with Gasteiger partial charge in [0.1, 0.15) is 0 Å². The van der Waals surface area contributed by atoms with E-state index in [0.717, 1.165) is 5.57 Å². The van der Waals surface area contributed by atoms with Crippen molar-refractivity contribution in [1.29, 1.82) is 0 Å². The van der Waals surface area contributed by atoms with Gasteiger partial charge in [-0.05, 0) is 25.3 Å². The fourth-order valence-corrected chi connectivity index (χ4v) is 2.37. The Hall–Kier alpha value is -2.11. The molecule has 0 heterocycles. The van der Waals surface area contributed by atoms with Crippen LogP contribution in [0.4, 0.5) is 0 Å². The van der Waals surface area contributed by atoms with Crippen LogP contribution in [0.3, 0.4) is 0 Å². The highest BCUT2D eigenvalue weighted by atomic mass is 16.5. The van der Waals surface area contributed by atoms with E-state index < -0.39 is 23.3 Å². The van der Waals surface area contributed by atoms with E-state index >= 15 is 0 Å². The van der Waals surface area contributed by atoms with Gasteiger partial charge < -0.3 is 14.2 Å². The van der Waals surface area contributed by atoms with Gasteiger partial charge in [-0.3, -0.25) is 9.59 Å². The maximum Gasteiger partial charge on any atom is 0.330 e. The Kier molecular flexibility index (Phi) is 5.07. The lowest BCUT2D eigenvalue weighted by Crippen LogP contribution is -2.43. The van der Waals surface area contributed by atoms with E-state index in [4.69, 9.17) is 9.47 Å². The van der Waals surface area contributed by atoms with Gasteiger partial charge >= 0.3 is 17.9 Å². The third-order valence-corrected chi connectivity index (χ3v) is 3.18. The van der Waals surface area contributed by atoms with Gasteiger partial charge in [0.2, 0.25) is 0 Å². The third-order valence-electron chi connectivity index (χ3n) is 3.18. The van der Waals surface area contributed by atoms with Crippen molar-refractivity contribution in [2.75, 3.05) is 21.3 Å². The molecule has 0 aliphatic heterocycles. The number of carbonyl (C=O) groups is 3. The quantitative estimate of drug-likeness (QED) is 0.334. The second kappa shape index (κ2) is 6.36. The summed E-state index contributed by atoms with van der Waals surface area (Å²) in [6.45, 7) is 1.77. The van der Waals surface area contributed by atoms with Crippen LogP contribution in [-0.4, -0.2) is 39.2 Å². The minimum Gasteiger partial charge on any atom is -0.468 e. The average molecular weight is 282 g/mol. The second-order valence-corrected chi connectivity index (χ2v) is 4.65. The molecule has 0 spiro atoms. The molecule has 0 saturated carbocycles. The number of ether oxygens (including phenoxy) is 3. The molecule has 1 aliphatic rings. The van der Waals surface area contributed by atoms with Crippen LogP contribution in [0.15, 0.2) is 23.3 Å². The molecule has 0 atom stereocenters. The first kappa shape index (κ1) is 15.9. The Morgan fingerprint density at radius 2 is 1.60 bits per heavy atom. The standard InChI is InChI=1S/C14H18O6/c1-9-5-10(6-11(15)18-2)8-14(7-9,12(16)19-3)13(17)20-4/h5-6H,7-8H2,1-4H3/b10-6+. The number of carbonyl (C=O) groups excluding carboxylic acids is 3. The molecular weight excluding hydrogens is 264 g/mol. The van der Waals surface area contributed by atoms with Gasteiger partial charge in [0, 0.05) is 6.08 Å². The maximum atomic E-state index is 12.0. The predicted molar refractivity (Wildman–Crippen MR) is 69.6 cm³/mol. The van der Waals surface area contributed by atoms with Crippen molar-refractivity contribution in [3.05, 3.63) is 23.3 Å². The first-order valence-corrected chi connectivity index (χ1v) is 6.02. The highest BCUT2D eigenvalue weighted by molar-refractivity contribution is 6.01. The molecule has 6 nitrogen and oxygen atoms in total. The van der Waals surface area contributed by atoms with Crippen LogP contribution >= 0.6 is 0 Å². The van der Waals surface area contributed by atoms with Crippen molar-refractivity contribution in [3.63, 3.8) is 0 Å². The zero-order valence-corrected chi connectivity index (χ0v) is 12.0. The van der Waals surface area contributed by atoms with Crippen LogP contribution in [-0.2, 0) is 28.6 Å². The molecule has 1 rings (SSSR count). The van der Waals surface area contributed by atoms with Gasteiger partial charge in [-0.25, -0.2) is 4.79 Å². The van der Waals surface area contributed by atoms with E-state index in [9.17, 15) is 14.4 Å². The second-order valence-electron chi connectivity index (χ2n) is 4.65. The zero-order chi connectivity index (χ0) is 15.3. The summed E-state index contributed by atoms with van der Waals surface area (Å²) in [4.78, 5) is 35.4. The Labute approximate surface area is 117 Å². The molecule has 0 aromatic carbocycles. The fourth-order valence-electron chi connectivity index (χ4n) is 2.37. The van der Waals surface area contributed by atoms with Crippen molar-refractivity contribution in [2.45, 2.75) is 19.8 Å². The number of rotatable bonds is 3. The number of hydrogen-bond donors (Lipinski definition) is 0. The van der Waals surface area contributed by atoms with E-state index in [1.165, 1.54) is 27.4 Å². The highest BCUT2D eigenvalue weighted by Gasteiger charge is 2.50. The van der Waals surface area contributed by atoms with Gasteiger partial charge in [0.05, 0.1) is 21.3 Å². The van der Waals surface area contributed by atoms with E-state index in [1.807, 2.05) is 0 Å². The van der Waals surface area contributed by atoms with E-state index in [1.54, 1.807) is 13.0 Å². The van der Waals surface area contributed by atoms with E-state index in [-0.39, 0.29) is 12.8 Å². The summed E-state index contributed by atoms with van der Waals surface area (Å²) in [5.41, 5.74) is -0.138. The highest BCUT2D eigenvalue weighted by Crippen LogP contribution is 2.40. The average Bonchev–Trinajstić information content (AvgIpc) is 2.44.